The summed E-state index contributed by atoms with van der Waals surface area (Å²) in [5, 5.41) is 10.4. The van der Waals surface area contributed by atoms with Gasteiger partial charge in [-0.3, -0.25) is 19.1 Å². The first-order valence-corrected chi connectivity index (χ1v) is 14.6. The molecule has 0 saturated carbocycles. The molecule has 3 heterocycles. The lowest BCUT2D eigenvalue weighted by atomic mass is 9.98. The van der Waals surface area contributed by atoms with Crippen molar-refractivity contribution in [1.82, 2.24) is 29.5 Å². The van der Waals surface area contributed by atoms with Gasteiger partial charge in [0.15, 0.2) is 5.69 Å². The Labute approximate surface area is 265 Å². The maximum atomic E-state index is 14.2. The van der Waals surface area contributed by atoms with Crippen LogP contribution in [0.1, 0.15) is 63.1 Å². The number of rotatable bonds is 6. The van der Waals surface area contributed by atoms with Gasteiger partial charge in [0.25, 0.3) is 17.4 Å². The molecule has 0 spiro atoms. The van der Waals surface area contributed by atoms with Gasteiger partial charge in [0, 0.05) is 37.3 Å². The van der Waals surface area contributed by atoms with Crippen LogP contribution >= 0.6 is 23.2 Å². The molecule has 2 amide bonds. The van der Waals surface area contributed by atoms with Crippen molar-refractivity contribution >= 4 is 41.0 Å². The summed E-state index contributed by atoms with van der Waals surface area (Å²) in [4.78, 5) is 46.4. The van der Waals surface area contributed by atoms with Crippen molar-refractivity contribution in [3.63, 3.8) is 0 Å². The van der Waals surface area contributed by atoms with E-state index in [-0.39, 0.29) is 47.4 Å². The number of carbonyl (C=O) groups excluding carboxylic acids is 2. The van der Waals surface area contributed by atoms with Crippen LogP contribution in [0, 0.1) is 0 Å². The summed E-state index contributed by atoms with van der Waals surface area (Å²) < 4.78 is 42.1. The fraction of sp³-hybridized carbons (Fsp3) is 0.300. The zero-order valence-electron chi connectivity index (χ0n) is 24.5. The summed E-state index contributed by atoms with van der Waals surface area (Å²) in [6, 6.07) is 9.66. The van der Waals surface area contributed by atoms with Crippen molar-refractivity contribution in [1.29, 1.82) is 0 Å². The average molecular weight is 662 g/mol. The third-order valence-corrected chi connectivity index (χ3v) is 8.41. The van der Waals surface area contributed by atoms with Gasteiger partial charge in [-0.2, -0.15) is 18.3 Å². The lowest BCUT2D eigenvalue weighted by Gasteiger charge is -2.35. The topological polar surface area (TPSA) is 114 Å². The van der Waals surface area contributed by atoms with E-state index < -0.39 is 29.2 Å². The first-order valence-electron chi connectivity index (χ1n) is 13.8. The van der Waals surface area contributed by atoms with E-state index in [4.69, 9.17) is 28.2 Å². The monoisotopic (exact) mass is 661 g/mol. The Kier molecular flexibility index (Phi) is 8.69. The summed E-state index contributed by atoms with van der Waals surface area (Å²) in [6.07, 6.45) is -4.31. The van der Waals surface area contributed by atoms with Crippen molar-refractivity contribution in [3.8, 4) is 5.82 Å². The molecular formula is C30H28Cl2F3N7O3. The van der Waals surface area contributed by atoms with E-state index in [9.17, 15) is 27.6 Å². The van der Waals surface area contributed by atoms with E-state index in [1.807, 2.05) is 6.92 Å². The van der Waals surface area contributed by atoms with E-state index in [0.29, 0.717) is 27.4 Å². The second kappa shape index (κ2) is 12.2. The number of halogens is 5. The van der Waals surface area contributed by atoms with Gasteiger partial charge in [-0.05, 0) is 56.2 Å². The quantitative estimate of drug-likeness (QED) is 0.286. The number of nitrogens with one attached hydrogen (secondary N) is 2. The molecule has 0 unspecified atom stereocenters. The third kappa shape index (κ3) is 6.27. The van der Waals surface area contributed by atoms with Crippen molar-refractivity contribution in [2.75, 3.05) is 12.4 Å². The van der Waals surface area contributed by atoms with Crippen LogP contribution in [-0.4, -0.2) is 49.1 Å². The molecular weight excluding hydrogens is 634 g/mol. The Hall–Kier alpha value is -4.36. The number of anilines is 1. The molecule has 0 radical (unpaired) electrons. The molecule has 1 aliphatic rings. The van der Waals surface area contributed by atoms with E-state index >= 15 is 0 Å². The second-order valence-electron chi connectivity index (χ2n) is 10.7. The fourth-order valence-electron chi connectivity index (χ4n) is 5.18. The smallest absolute Gasteiger partial charge is 0.354 e. The van der Waals surface area contributed by atoms with E-state index in [1.54, 1.807) is 24.9 Å². The fourth-order valence-corrected chi connectivity index (χ4v) is 5.48. The Bertz CT molecular complexity index is 1860. The maximum absolute atomic E-state index is 14.2. The van der Waals surface area contributed by atoms with Gasteiger partial charge < -0.3 is 15.5 Å². The zero-order valence-corrected chi connectivity index (χ0v) is 26.1. The van der Waals surface area contributed by atoms with Crippen molar-refractivity contribution < 1.29 is 22.8 Å². The Balaban J connectivity index is 1.59. The molecule has 0 bridgehead atoms. The van der Waals surface area contributed by atoms with Crippen LogP contribution in [0.15, 0.2) is 53.3 Å². The maximum Gasteiger partial charge on any atom is 0.416 e. The number of alkyl halides is 3. The molecule has 4 aromatic rings. The zero-order chi connectivity index (χ0) is 32.8. The molecule has 236 valence electrons. The molecule has 2 aromatic carbocycles. The molecule has 0 fully saturated rings. The van der Waals surface area contributed by atoms with E-state index in [2.05, 4.69) is 15.7 Å². The lowest BCUT2D eigenvalue weighted by molar-refractivity contribution is -0.137. The normalized spacial score (nSPS) is 15.4. The summed E-state index contributed by atoms with van der Waals surface area (Å²) in [6.45, 7) is 3.53. The highest BCUT2D eigenvalue weighted by atomic mass is 35.5. The summed E-state index contributed by atoms with van der Waals surface area (Å²) in [5.74, 6) is -0.507. The highest BCUT2D eigenvalue weighted by molar-refractivity contribution is 6.42. The SMILES string of the molecule is CNC(=O)c1cc(-n2c(N[C@@H](C)c3ccc(C(F)(F)F)cc3)nc3c(c2=O)C[C@@H](C)N(C(=O)c2ccc(Cl)c(Cl)c2)C3)n(C)n1. The van der Waals surface area contributed by atoms with E-state index in [0.717, 1.165) is 12.1 Å². The number of amides is 2. The minimum absolute atomic E-state index is 0.00385. The molecule has 2 aromatic heterocycles. The predicted octanol–water partition coefficient (Wildman–Crippen LogP) is 5.41. The van der Waals surface area contributed by atoms with Gasteiger partial charge in [0.05, 0.1) is 33.9 Å². The van der Waals surface area contributed by atoms with Gasteiger partial charge in [-0.25, -0.2) is 9.55 Å². The number of hydrogen-bond acceptors (Lipinski definition) is 6. The largest absolute Gasteiger partial charge is 0.416 e. The van der Waals surface area contributed by atoms with Crippen LogP contribution in [0.4, 0.5) is 19.1 Å². The van der Waals surface area contributed by atoms with Gasteiger partial charge >= 0.3 is 6.18 Å². The molecule has 1 aliphatic heterocycles. The molecule has 15 heteroatoms. The van der Waals surface area contributed by atoms with Crippen LogP contribution in [-0.2, 0) is 26.2 Å². The summed E-state index contributed by atoms with van der Waals surface area (Å²) in [5.41, 5.74) is 0.367. The summed E-state index contributed by atoms with van der Waals surface area (Å²) >= 11 is 12.2. The predicted molar refractivity (Wildman–Crippen MR) is 163 cm³/mol. The van der Waals surface area contributed by atoms with Crippen LogP contribution in [0.3, 0.4) is 0 Å². The minimum atomic E-state index is -4.49. The second-order valence-corrected chi connectivity index (χ2v) is 11.5. The number of fused-ring (bicyclic) bond motifs is 1. The van der Waals surface area contributed by atoms with Gasteiger partial charge in [-0.1, -0.05) is 35.3 Å². The van der Waals surface area contributed by atoms with Gasteiger partial charge in [0.2, 0.25) is 5.95 Å². The average Bonchev–Trinajstić information content (AvgIpc) is 3.38. The molecule has 45 heavy (non-hydrogen) atoms. The van der Waals surface area contributed by atoms with Crippen LogP contribution in [0.5, 0.6) is 0 Å². The highest BCUT2D eigenvalue weighted by Gasteiger charge is 2.33. The summed E-state index contributed by atoms with van der Waals surface area (Å²) in [7, 11) is 3.02. The first-order chi connectivity index (χ1) is 21.2. The van der Waals surface area contributed by atoms with Gasteiger partial charge in [0.1, 0.15) is 5.82 Å². The van der Waals surface area contributed by atoms with Crippen LogP contribution in [0.25, 0.3) is 5.82 Å². The number of nitrogens with zero attached hydrogens (tertiary/aromatic N) is 5. The number of carbonyl (C=O) groups is 2. The number of benzene rings is 2. The molecule has 2 N–H and O–H groups in total. The molecule has 10 nitrogen and oxygen atoms in total. The third-order valence-electron chi connectivity index (χ3n) is 7.67. The Morgan fingerprint density at radius 1 is 1.07 bits per heavy atom. The van der Waals surface area contributed by atoms with E-state index in [1.165, 1.54) is 46.6 Å². The van der Waals surface area contributed by atoms with Crippen LogP contribution in [0.2, 0.25) is 10.0 Å². The molecule has 0 saturated heterocycles. The lowest BCUT2D eigenvalue weighted by Crippen LogP contribution is -2.46. The standard InChI is InChI=1S/C30H28Cl2F3N7O3/c1-15-11-20-24(14-41(15)27(44)18-7-10-21(31)22(32)12-18)38-29(37-16(2)17-5-8-19(9-6-17)30(33,34)35)42(28(20)45)25-13-23(26(43)36-3)39-40(25)4/h5-10,12-13,15-16H,11,14H2,1-4H3,(H,36,43)(H,37,38)/t15-,16+/m1/s1. The Morgan fingerprint density at radius 3 is 2.38 bits per heavy atom. The number of hydrogen-bond donors (Lipinski definition) is 2. The highest BCUT2D eigenvalue weighted by Crippen LogP contribution is 2.31. The number of aromatic nitrogens is 4. The molecule has 0 aliphatic carbocycles. The molecule has 5 rings (SSSR count). The van der Waals surface area contributed by atoms with Crippen molar-refractivity contribution in [2.45, 2.75) is 45.1 Å². The Morgan fingerprint density at radius 2 is 1.76 bits per heavy atom. The van der Waals surface area contributed by atoms with Crippen molar-refractivity contribution in [3.05, 3.63) is 103 Å². The van der Waals surface area contributed by atoms with Gasteiger partial charge in [-0.15, -0.1) is 0 Å². The minimum Gasteiger partial charge on any atom is -0.354 e. The van der Waals surface area contributed by atoms with Crippen molar-refractivity contribution in [2.24, 2.45) is 7.05 Å². The molecule has 2 atom stereocenters. The van der Waals surface area contributed by atoms with Crippen LogP contribution < -0.4 is 16.2 Å². The first kappa shape index (κ1) is 32.0. The number of aryl methyl sites for hydroxylation is 1.